The van der Waals surface area contributed by atoms with Gasteiger partial charge in [-0.15, -0.1) is 0 Å². The number of benzene rings is 3. The molecule has 0 saturated heterocycles. The van der Waals surface area contributed by atoms with Gasteiger partial charge in [0.05, 0.1) is 15.4 Å². The summed E-state index contributed by atoms with van der Waals surface area (Å²) in [5, 5.41) is 23.6. The summed E-state index contributed by atoms with van der Waals surface area (Å²) < 4.78 is 66.0. The first kappa shape index (κ1) is 23.8. The van der Waals surface area contributed by atoms with Gasteiger partial charge in [0.1, 0.15) is 5.75 Å². The molecular formula is C22H14F3N3O6S. The summed E-state index contributed by atoms with van der Waals surface area (Å²) in [6.45, 7) is 0. The molecule has 180 valence electrons. The highest BCUT2D eigenvalue weighted by Gasteiger charge is 2.30. The van der Waals surface area contributed by atoms with Gasteiger partial charge in [-0.25, -0.2) is 8.42 Å². The molecule has 0 aromatic heterocycles. The smallest absolute Gasteiger partial charge is 0.416 e. The topological polar surface area (TPSA) is 139 Å². The number of fused-ring (bicyclic) bond motifs is 1. The van der Waals surface area contributed by atoms with Gasteiger partial charge in [-0.05, 0) is 54.6 Å². The standard InChI is InChI=1S/C22H14F3N3O6S/c23-22(24,25)13-1-3-14(4-2-13)27-35(33,34)16-6-7-19-17(11-16)18(21(30)26-19)10-12-9-15(28(31)32)5-8-20(12)29/h1-11,27,29H,(H,26,30). The van der Waals surface area contributed by atoms with Crippen molar-refractivity contribution >= 4 is 44.6 Å². The van der Waals surface area contributed by atoms with Crippen LogP contribution in [0.25, 0.3) is 11.6 Å². The predicted molar refractivity (Wildman–Crippen MR) is 120 cm³/mol. The first-order valence-corrected chi connectivity index (χ1v) is 11.2. The van der Waals surface area contributed by atoms with Crippen molar-refractivity contribution in [2.45, 2.75) is 11.1 Å². The monoisotopic (exact) mass is 505 g/mol. The fourth-order valence-corrected chi connectivity index (χ4v) is 4.43. The Labute approximate surface area is 195 Å². The molecule has 4 rings (SSSR count). The Bertz CT molecular complexity index is 1500. The van der Waals surface area contributed by atoms with Crippen LogP contribution in [0.15, 0.2) is 65.6 Å². The van der Waals surface area contributed by atoms with Crippen molar-refractivity contribution in [2.24, 2.45) is 0 Å². The Morgan fingerprint density at radius 3 is 2.34 bits per heavy atom. The van der Waals surface area contributed by atoms with Gasteiger partial charge < -0.3 is 10.4 Å². The molecule has 0 bridgehead atoms. The number of nitro groups is 1. The van der Waals surface area contributed by atoms with Gasteiger partial charge in [0, 0.05) is 40.2 Å². The van der Waals surface area contributed by atoms with Crippen molar-refractivity contribution in [3.05, 3.63) is 87.5 Å². The van der Waals surface area contributed by atoms with Crippen LogP contribution in [0, 0.1) is 10.1 Å². The third-order valence-electron chi connectivity index (χ3n) is 5.07. The van der Waals surface area contributed by atoms with E-state index in [1.54, 1.807) is 0 Å². The summed E-state index contributed by atoms with van der Waals surface area (Å²) in [4.78, 5) is 22.5. The van der Waals surface area contributed by atoms with E-state index in [9.17, 15) is 41.6 Å². The van der Waals surface area contributed by atoms with Crippen molar-refractivity contribution in [3.8, 4) is 5.75 Å². The summed E-state index contributed by atoms with van der Waals surface area (Å²) in [7, 11) is -4.26. The van der Waals surface area contributed by atoms with Crippen LogP contribution in [0.1, 0.15) is 16.7 Å². The summed E-state index contributed by atoms with van der Waals surface area (Å²) >= 11 is 0. The van der Waals surface area contributed by atoms with E-state index < -0.39 is 32.6 Å². The highest BCUT2D eigenvalue weighted by molar-refractivity contribution is 7.92. The molecule has 1 heterocycles. The molecule has 0 spiro atoms. The number of amides is 1. The van der Waals surface area contributed by atoms with Crippen molar-refractivity contribution in [1.29, 1.82) is 0 Å². The van der Waals surface area contributed by atoms with E-state index in [4.69, 9.17) is 0 Å². The van der Waals surface area contributed by atoms with Crippen LogP contribution in [0.5, 0.6) is 5.75 Å². The Hall–Kier alpha value is -4.39. The molecule has 0 aliphatic carbocycles. The highest BCUT2D eigenvalue weighted by atomic mass is 32.2. The number of non-ortho nitro benzene ring substituents is 1. The lowest BCUT2D eigenvalue weighted by atomic mass is 10.0. The molecule has 3 aromatic rings. The SMILES string of the molecule is O=C1Nc2ccc(S(=O)(=O)Nc3ccc(C(F)(F)F)cc3)cc2C1=Cc1cc([N+](=O)[O-])ccc1O. The molecule has 1 aliphatic rings. The number of nitrogens with one attached hydrogen (secondary N) is 2. The minimum absolute atomic E-state index is 0.0339. The molecule has 0 fully saturated rings. The zero-order valence-corrected chi connectivity index (χ0v) is 18.1. The van der Waals surface area contributed by atoms with E-state index in [0.717, 1.165) is 42.5 Å². The number of aromatic hydroxyl groups is 1. The lowest BCUT2D eigenvalue weighted by Crippen LogP contribution is -2.13. The average molecular weight is 505 g/mol. The minimum Gasteiger partial charge on any atom is -0.507 e. The number of anilines is 2. The first-order chi connectivity index (χ1) is 16.3. The quantitative estimate of drug-likeness (QED) is 0.263. The molecule has 3 aromatic carbocycles. The number of carbonyl (C=O) groups is 1. The maximum Gasteiger partial charge on any atom is 0.416 e. The molecule has 9 nitrogen and oxygen atoms in total. The fourth-order valence-electron chi connectivity index (χ4n) is 3.35. The van der Waals surface area contributed by atoms with E-state index in [-0.39, 0.29) is 44.4 Å². The van der Waals surface area contributed by atoms with Gasteiger partial charge in [-0.2, -0.15) is 13.2 Å². The van der Waals surface area contributed by atoms with Crippen LogP contribution in [0.4, 0.5) is 30.2 Å². The number of hydrogen-bond donors (Lipinski definition) is 3. The number of alkyl halides is 3. The summed E-state index contributed by atoms with van der Waals surface area (Å²) in [5.74, 6) is -0.965. The predicted octanol–water partition coefficient (Wildman–Crippen LogP) is 4.61. The van der Waals surface area contributed by atoms with Gasteiger partial charge in [-0.3, -0.25) is 19.6 Å². The Kier molecular flexibility index (Phi) is 5.72. The normalized spacial score (nSPS) is 14.5. The second-order valence-corrected chi connectivity index (χ2v) is 9.08. The molecule has 1 amide bonds. The number of hydrogen-bond acceptors (Lipinski definition) is 6. The average Bonchev–Trinajstić information content (AvgIpc) is 3.09. The number of rotatable bonds is 5. The third kappa shape index (κ3) is 4.80. The maximum atomic E-state index is 12.8. The largest absolute Gasteiger partial charge is 0.507 e. The van der Waals surface area contributed by atoms with Gasteiger partial charge in [0.2, 0.25) is 0 Å². The van der Waals surface area contributed by atoms with Crippen LogP contribution < -0.4 is 10.0 Å². The molecule has 0 atom stereocenters. The Morgan fingerprint density at radius 1 is 1.03 bits per heavy atom. The molecule has 1 aliphatic heterocycles. The number of phenols is 1. The fraction of sp³-hybridized carbons (Fsp3) is 0.0455. The number of carbonyl (C=O) groups excluding carboxylic acids is 1. The zero-order chi connectivity index (χ0) is 25.5. The first-order valence-electron chi connectivity index (χ1n) is 9.70. The van der Waals surface area contributed by atoms with E-state index >= 15 is 0 Å². The second-order valence-electron chi connectivity index (χ2n) is 7.40. The number of halogens is 3. The molecule has 3 N–H and O–H groups in total. The summed E-state index contributed by atoms with van der Waals surface area (Å²) in [5.41, 5.74) is -1.05. The van der Waals surface area contributed by atoms with Crippen molar-refractivity contribution in [3.63, 3.8) is 0 Å². The van der Waals surface area contributed by atoms with Crippen LogP contribution in [-0.2, 0) is 21.0 Å². The van der Waals surface area contributed by atoms with Crippen LogP contribution >= 0.6 is 0 Å². The molecule has 13 heteroatoms. The molecule has 35 heavy (non-hydrogen) atoms. The lowest BCUT2D eigenvalue weighted by molar-refractivity contribution is -0.384. The van der Waals surface area contributed by atoms with Gasteiger partial charge in [0.15, 0.2) is 0 Å². The van der Waals surface area contributed by atoms with Crippen molar-refractivity contribution < 1.29 is 36.4 Å². The van der Waals surface area contributed by atoms with E-state index in [0.29, 0.717) is 0 Å². The minimum atomic E-state index is -4.58. The number of nitro benzene ring substituents is 1. The van der Waals surface area contributed by atoms with Crippen molar-refractivity contribution in [2.75, 3.05) is 10.0 Å². The van der Waals surface area contributed by atoms with E-state index in [1.807, 2.05) is 0 Å². The van der Waals surface area contributed by atoms with Gasteiger partial charge in [0.25, 0.3) is 21.6 Å². The van der Waals surface area contributed by atoms with Gasteiger partial charge in [-0.1, -0.05) is 0 Å². The number of nitrogens with zero attached hydrogens (tertiary/aromatic N) is 1. The van der Waals surface area contributed by atoms with Crippen LogP contribution in [0.2, 0.25) is 0 Å². The Balaban J connectivity index is 1.69. The summed E-state index contributed by atoms with van der Waals surface area (Å²) in [6, 6.07) is 10.3. The van der Waals surface area contributed by atoms with Crippen LogP contribution in [0.3, 0.4) is 0 Å². The number of phenolic OH excluding ortho intramolecular Hbond substituents is 1. The Morgan fingerprint density at radius 2 is 1.71 bits per heavy atom. The van der Waals surface area contributed by atoms with Crippen LogP contribution in [-0.4, -0.2) is 24.4 Å². The number of sulfonamides is 1. The maximum absolute atomic E-state index is 12.8. The lowest BCUT2D eigenvalue weighted by Gasteiger charge is -2.11. The molecule has 0 unspecified atom stereocenters. The highest BCUT2D eigenvalue weighted by Crippen LogP contribution is 2.37. The van der Waals surface area contributed by atoms with E-state index in [2.05, 4.69) is 10.0 Å². The zero-order valence-electron chi connectivity index (χ0n) is 17.3. The van der Waals surface area contributed by atoms with E-state index in [1.165, 1.54) is 24.3 Å². The third-order valence-corrected chi connectivity index (χ3v) is 6.45. The summed E-state index contributed by atoms with van der Waals surface area (Å²) in [6.07, 6.45) is -3.39. The van der Waals surface area contributed by atoms with Gasteiger partial charge >= 0.3 is 6.18 Å². The molecule has 0 radical (unpaired) electrons. The molecular weight excluding hydrogens is 491 g/mol. The second kappa shape index (κ2) is 8.43. The van der Waals surface area contributed by atoms with Crippen molar-refractivity contribution in [1.82, 2.24) is 0 Å². The molecule has 0 saturated carbocycles.